The number of hydrogen-bond acceptors (Lipinski definition) is 3. The van der Waals surface area contributed by atoms with E-state index in [4.69, 9.17) is 9.84 Å². The number of carboxylic acids is 2. The fourth-order valence-corrected chi connectivity index (χ4v) is 2.52. The lowest BCUT2D eigenvalue weighted by atomic mass is 10.0. The van der Waals surface area contributed by atoms with Crippen LogP contribution in [0.15, 0.2) is 34.8 Å². The van der Waals surface area contributed by atoms with Crippen molar-refractivity contribution in [3.8, 4) is 0 Å². The number of fused-ring (bicyclic) bond motifs is 1. The fraction of sp³-hybridized carbons (Fsp3) is 0.250. The van der Waals surface area contributed by atoms with Crippen molar-refractivity contribution in [3.63, 3.8) is 0 Å². The van der Waals surface area contributed by atoms with Crippen LogP contribution in [0.2, 0.25) is 0 Å². The normalized spacial score (nSPS) is 10.8. The number of benzene rings is 2. The predicted octanol–water partition coefficient (Wildman–Crippen LogP) is 3.68. The van der Waals surface area contributed by atoms with Crippen molar-refractivity contribution < 1.29 is 24.5 Å². The van der Waals surface area contributed by atoms with Gasteiger partial charge in [-0.25, -0.2) is 4.79 Å². The number of hydrogen-bond donors (Lipinski definition) is 2. The van der Waals surface area contributed by atoms with E-state index in [1.165, 1.54) is 0 Å². The molecule has 0 saturated heterocycles. The smallest absolute Gasteiger partial charge is 0.336 e. The van der Waals surface area contributed by atoms with Crippen LogP contribution in [-0.4, -0.2) is 28.8 Å². The molecular weight excluding hydrogens is 352 g/mol. The van der Waals surface area contributed by atoms with Crippen molar-refractivity contribution in [1.82, 2.24) is 0 Å². The standard InChI is InChI=1S/C16H15BrO5/c17-13-4-3-10-8-14(16(20)21)12(6-11(10)7-13)9-22-5-1-2-15(18)19/h3-4,6-8H,1-2,5,9H2,(H,18,19)(H,20,21). The number of ether oxygens (including phenoxy) is 1. The molecule has 2 N–H and O–H groups in total. The highest BCUT2D eigenvalue weighted by Gasteiger charge is 2.12. The van der Waals surface area contributed by atoms with Gasteiger partial charge in [-0.05, 0) is 47.0 Å². The van der Waals surface area contributed by atoms with Gasteiger partial charge in [-0.2, -0.15) is 0 Å². The maximum absolute atomic E-state index is 11.4. The summed E-state index contributed by atoms with van der Waals surface area (Å²) in [6.45, 7) is 0.422. The Labute approximate surface area is 135 Å². The van der Waals surface area contributed by atoms with E-state index in [1.807, 2.05) is 18.2 Å². The molecule has 0 heterocycles. The first-order valence-corrected chi connectivity index (χ1v) is 7.51. The highest BCUT2D eigenvalue weighted by atomic mass is 79.9. The number of carboxylic acid groups (broad SMARTS) is 2. The Hall–Kier alpha value is -1.92. The van der Waals surface area contributed by atoms with E-state index in [0.717, 1.165) is 15.2 Å². The Morgan fingerprint density at radius 2 is 1.86 bits per heavy atom. The Balaban J connectivity index is 2.17. The number of aromatic carboxylic acids is 1. The third-order valence-electron chi connectivity index (χ3n) is 3.19. The van der Waals surface area contributed by atoms with E-state index in [-0.39, 0.29) is 25.2 Å². The summed E-state index contributed by atoms with van der Waals surface area (Å²) in [7, 11) is 0. The van der Waals surface area contributed by atoms with Gasteiger partial charge in [-0.15, -0.1) is 0 Å². The lowest BCUT2D eigenvalue weighted by Gasteiger charge is -2.10. The zero-order valence-corrected chi connectivity index (χ0v) is 13.3. The zero-order valence-electron chi connectivity index (χ0n) is 11.7. The molecule has 0 amide bonds. The summed E-state index contributed by atoms with van der Waals surface area (Å²) in [5.74, 6) is -1.88. The summed E-state index contributed by atoms with van der Waals surface area (Å²) in [5.41, 5.74) is 0.779. The SMILES string of the molecule is O=C(O)CCCOCc1cc2cc(Br)ccc2cc1C(=O)O. The molecule has 0 bridgehead atoms. The molecule has 0 spiro atoms. The van der Waals surface area contributed by atoms with Gasteiger partial charge in [0.2, 0.25) is 0 Å². The lowest BCUT2D eigenvalue weighted by molar-refractivity contribution is -0.137. The highest BCUT2D eigenvalue weighted by molar-refractivity contribution is 9.10. The second kappa shape index (κ2) is 7.38. The van der Waals surface area contributed by atoms with Crippen LogP contribution in [0, 0.1) is 0 Å². The van der Waals surface area contributed by atoms with Crippen molar-refractivity contribution in [2.24, 2.45) is 0 Å². The van der Waals surface area contributed by atoms with Crippen LogP contribution < -0.4 is 0 Å². The fourth-order valence-electron chi connectivity index (χ4n) is 2.14. The molecule has 6 heteroatoms. The maximum atomic E-state index is 11.4. The van der Waals surface area contributed by atoms with Gasteiger partial charge in [0.1, 0.15) is 0 Å². The summed E-state index contributed by atoms with van der Waals surface area (Å²) in [5, 5.41) is 19.6. The molecule has 0 aliphatic rings. The molecule has 0 fully saturated rings. The van der Waals surface area contributed by atoms with Crippen LogP contribution >= 0.6 is 15.9 Å². The molecule has 0 aromatic heterocycles. The molecule has 0 unspecified atom stereocenters. The van der Waals surface area contributed by atoms with Crippen molar-refractivity contribution in [2.75, 3.05) is 6.61 Å². The lowest BCUT2D eigenvalue weighted by Crippen LogP contribution is -2.06. The van der Waals surface area contributed by atoms with E-state index in [0.29, 0.717) is 12.0 Å². The Kier molecular flexibility index (Phi) is 5.51. The van der Waals surface area contributed by atoms with E-state index < -0.39 is 11.9 Å². The largest absolute Gasteiger partial charge is 0.481 e. The number of rotatable bonds is 7. The molecule has 2 aromatic carbocycles. The predicted molar refractivity (Wildman–Crippen MR) is 85.1 cm³/mol. The van der Waals surface area contributed by atoms with Crippen molar-refractivity contribution in [2.45, 2.75) is 19.4 Å². The Morgan fingerprint density at radius 1 is 1.09 bits per heavy atom. The third kappa shape index (κ3) is 4.29. The molecule has 5 nitrogen and oxygen atoms in total. The van der Waals surface area contributed by atoms with Gasteiger partial charge in [-0.1, -0.05) is 22.0 Å². The molecule has 0 saturated carbocycles. The van der Waals surface area contributed by atoms with Crippen molar-refractivity contribution >= 4 is 38.6 Å². The highest BCUT2D eigenvalue weighted by Crippen LogP contribution is 2.24. The summed E-state index contributed by atoms with van der Waals surface area (Å²) in [6.07, 6.45) is 0.438. The maximum Gasteiger partial charge on any atom is 0.336 e. The second-order valence-corrected chi connectivity index (χ2v) is 5.77. The molecule has 0 aliphatic carbocycles. The molecule has 0 aliphatic heterocycles. The molecule has 0 atom stereocenters. The van der Waals surface area contributed by atoms with E-state index >= 15 is 0 Å². The topological polar surface area (TPSA) is 83.8 Å². The molecule has 2 aromatic rings. The molecule has 2 rings (SSSR count). The average Bonchev–Trinajstić information content (AvgIpc) is 2.45. The number of carbonyl (C=O) groups is 2. The third-order valence-corrected chi connectivity index (χ3v) is 3.68. The minimum atomic E-state index is -1.01. The summed E-state index contributed by atoms with van der Waals surface area (Å²) in [4.78, 5) is 21.8. The Morgan fingerprint density at radius 3 is 2.55 bits per heavy atom. The van der Waals surface area contributed by atoms with Crippen LogP contribution in [0.3, 0.4) is 0 Å². The minimum absolute atomic E-state index is 0.0381. The average molecular weight is 367 g/mol. The quantitative estimate of drug-likeness (QED) is 0.730. The first-order chi connectivity index (χ1) is 10.5. The summed E-state index contributed by atoms with van der Waals surface area (Å²) >= 11 is 3.39. The summed E-state index contributed by atoms with van der Waals surface area (Å²) in [6, 6.07) is 9.04. The van der Waals surface area contributed by atoms with Gasteiger partial charge in [0.05, 0.1) is 12.2 Å². The van der Waals surface area contributed by atoms with E-state index in [2.05, 4.69) is 15.9 Å². The van der Waals surface area contributed by atoms with Gasteiger partial charge >= 0.3 is 11.9 Å². The zero-order chi connectivity index (χ0) is 16.1. The number of aliphatic carboxylic acids is 1. The van der Waals surface area contributed by atoms with Crippen molar-refractivity contribution in [1.29, 1.82) is 0 Å². The van der Waals surface area contributed by atoms with Crippen LogP contribution in [0.5, 0.6) is 0 Å². The molecule has 22 heavy (non-hydrogen) atoms. The Bertz CT molecular complexity index is 711. The van der Waals surface area contributed by atoms with Crippen LogP contribution in [0.1, 0.15) is 28.8 Å². The van der Waals surface area contributed by atoms with E-state index in [9.17, 15) is 14.7 Å². The summed E-state index contributed by atoms with van der Waals surface area (Å²) < 4.78 is 6.32. The van der Waals surface area contributed by atoms with E-state index in [1.54, 1.807) is 12.1 Å². The second-order valence-electron chi connectivity index (χ2n) is 4.86. The van der Waals surface area contributed by atoms with Crippen LogP contribution in [0.25, 0.3) is 10.8 Å². The van der Waals surface area contributed by atoms with Crippen LogP contribution in [-0.2, 0) is 16.1 Å². The van der Waals surface area contributed by atoms with Gasteiger partial charge in [0.15, 0.2) is 0 Å². The van der Waals surface area contributed by atoms with Gasteiger partial charge in [-0.3, -0.25) is 4.79 Å². The monoisotopic (exact) mass is 366 g/mol. The van der Waals surface area contributed by atoms with Crippen LogP contribution in [0.4, 0.5) is 0 Å². The van der Waals surface area contributed by atoms with Gasteiger partial charge < -0.3 is 14.9 Å². The van der Waals surface area contributed by atoms with Crippen molar-refractivity contribution in [3.05, 3.63) is 45.9 Å². The first-order valence-electron chi connectivity index (χ1n) is 6.72. The molecular formula is C16H15BrO5. The van der Waals surface area contributed by atoms with Gasteiger partial charge in [0.25, 0.3) is 0 Å². The molecule has 0 radical (unpaired) electrons. The molecule has 116 valence electrons. The number of halogens is 1. The van der Waals surface area contributed by atoms with Gasteiger partial charge in [0, 0.05) is 17.5 Å². The first kappa shape index (κ1) is 16.5. The minimum Gasteiger partial charge on any atom is -0.481 e.